The van der Waals surface area contributed by atoms with E-state index in [4.69, 9.17) is 9.84 Å². The minimum absolute atomic E-state index is 0.0979. The van der Waals surface area contributed by atoms with Crippen LogP contribution in [-0.2, 0) is 16.4 Å². The summed E-state index contributed by atoms with van der Waals surface area (Å²) in [5, 5.41) is 9.07. The molecular formula is C15H14O5S. The molecule has 2 aromatic rings. The number of hydrogen-bond acceptors (Lipinski definition) is 4. The van der Waals surface area contributed by atoms with Gasteiger partial charge in [0.25, 0.3) is 0 Å². The van der Waals surface area contributed by atoms with Gasteiger partial charge in [0.05, 0.1) is 10.5 Å². The molecule has 0 aliphatic carbocycles. The predicted molar refractivity (Wildman–Crippen MR) is 77.3 cm³/mol. The van der Waals surface area contributed by atoms with Crippen molar-refractivity contribution in [2.75, 3.05) is 6.26 Å². The summed E-state index contributed by atoms with van der Waals surface area (Å²) >= 11 is 0. The molecule has 0 aromatic heterocycles. The van der Waals surface area contributed by atoms with Crippen molar-refractivity contribution in [2.45, 2.75) is 11.5 Å². The highest BCUT2D eigenvalue weighted by molar-refractivity contribution is 7.90. The first kappa shape index (κ1) is 15.1. The summed E-state index contributed by atoms with van der Waals surface area (Å²) in [7, 11) is -3.24. The van der Waals surface area contributed by atoms with Crippen LogP contribution >= 0.6 is 0 Å². The van der Waals surface area contributed by atoms with E-state index in [1.807, 2.05) is 0 Å². The highest BCUT2D eigenvalue weighted by Gasteiger charge is 2.10. The number of carboxylic acids is 1. The standard InChI is InChI=1S/C15H14O5S/c1-21(18,19)13-8-6-12(7-9-13)20-10-11-4-2-3-5-14(11)15(16)17/h2-9H,10H2,1H3,(H,16,17). The summed E-state index contributed by atoms with van der Waals surface area (Å²) in [6.45, 7) is 0.0979. The molecule has 110 valence electrons. The maximum absolute atomic E-state index is 11.3. The molecule has 0 saturated carbocycles. The predicted octanol–water partition coefficient (Wildman–Crippen LogP) is 2.37. The Hall–Kier alpha value is -2.34. The maximum atomic E-state index is 11.3. The average molecular weight is 306 g/mol. The zero-order chi connectivity index (χ0) is 15.5. The molecule has 6 heteroatoms. The van der Waals surface area contributed by atoms with Crippen LogP contribution in [0, 0.1) is 0 Å². The minimum Gasteiger partial charge on any atom is -0.489 e. The number of benzene rings is 2. The van der Waals surface area contributed by atoms with E-state index in [1.54, 1.807) is 30.3 Å². The highest BCUT2D eigenvalue weighted by Crippen LogP contribution is 2.18. The molecule has 0 radical (unpaired) electrons. The van der Waals surface area contributed by atoms with Crippen molar-refractivity contribution < 1.29 is 23.1 Å². The van der Waals surface area contributed by atoms with Crippen LogP contribution in [0.1, 0.15) is 15.9 Å². The van der Waals surface area contributed by atoms with Gasteiger partial charge < -0.3 is 9.84 Å². The van der Waals surface area contributed by atoms with E-state index in [0.717, 1.165) is 6.26 Å². The van der Waals surface area contributed by atoms with E-state index in [-0.39, 0.29) is 17.1 Å². The number of ether oxygens (including phenoxy) is 1. The molecule has 1 N–H and O–H groups in total. The summed E-state index contributed by atoms with van der Waals surface area (Å²) < 4.78 is 28.2. The van der Waals surface area contributed by atoms with Gasteiger partial charge in [0.15, 0.2) is 9.84 Å². The molecule has 0 saturated heterocycles. The van der Waals surface area contributed by atoms with Crippen molar-refractivity contribution in [3.8, 4) is 5.75 Å². The SMILES string of the molecule is CS(=O)(=O)c1ccc(OCc2ccccc2C(=O)O)cc1. The molecular weight excluding hydrogens is 292 g/mol. The normalized spacial score (nSPS) is 11.1. The van der Waals surface area contributed by atoms with Crippen molar-refractivity contribution in [1.29, 1.82) is 0 Å². The van der Waals surface area contributed by atoms with Crippen molar-refractivity contribution >= 4 is 15.8 Å². The Kier molecular flexibility index (Phi) is 4.28. The average Bonchev–Trinajstić information content (AvgIpc) is 2.45. The van der Waals surface area contributed by atoms with Crippen molar-refractivity contribution in [3.63, 3.8) is 0 Å². The highest BCUT2D eigenvalue weighted by atomic mass is 32.2. The van der Waals surface area contributed by atoms with Crippen molar-refractivity contribution in [2.24, 2.45) is 0 Å². The summed E-state index contributed by atoms with van der Waals surface area (Å²) in [6, 6.07) is 12.6. The summed E-state index contributed by atoms with van der Waals surface area (Å²) in [6.07, 6.45) is 1.13. The van der Waals surface area contributed by atoms with Gasteiger partial charge in [-0.1, -0.05) is 18.2 Å². The lowest BCUT2D eigenvalue weighted by Crippen LogP contribution is -2.05. The number of carbonyl (C=O) groups is 1. The molecule has 2 rings (SSSR count). The van der Waals surface area contributed by atoms with Crippen molar-refractivity contribution in [1.82, 2.24) is 0 Å². The summed E-state index contributed by atoms with van der Waals surface area (Å²) in [4.78, 5) is 11.3. The molecule has 0 bridgehead atoms. The van der Waals surface area contributed by atoms with E-state index in [9.17, 15) is 13.2 Å². The van der Waals surface area contributed by atoms with Crippen LogP contribution in [0.2, 0.25) is 0 Å². The summed E-state index contributed by atoms with van der Waals surface area (Å²) in [5.74, 6) is -0.538. The second kappa shape index (κ2) is 5.97. The second-order valence-corrected chi connectivity index (χ2v) is 6.51. The van der Waals surface area contributed by atoms with Crippen LogP contribution in [0.3, 0.4) is 0 Å². The zero-order valence-electron chi connectivity index (χ0n) is 11.3. The third-order valence-corrected chi connectivity index (χ3v) is 4.02. The minimum atomic E-state index is -3.24. The van der Waals surface area contributed by atoms with Crippen LogP contribution in [0.25, 0.3) is 0 Å². The Morgan fingerprint density at radius 1 is 1.10 bits per heavy atom. The first-order valence-electron chi connectivity index (χ1n) is 6.12. The molecule has 0 amide bonds. The molecule has 0 fully saturated rings. The maximum Gasteiger partial charge on any atom is 0.336 e. The quantitative estimate of drug-likeness (QED) is 0.917. The van der Waals surface area contributed by atoms with Crippen LogP contribution in [0.4, 0.5) is 0 Å². The lowest BCUT2D eigenvalue weighted by molar-refractivity contribution is 0.0694. The van der Waals surface area contributed by atoms with Gasteiger partial charge in [-0.3, -0.25) is 0 Å². The third kappa shape index (κ3) is 3.82. The van der Waals surface area contributed by atoms with Gasteiger partial charge in [-0.15, -0.1) is 0 Å². The topological polar surface area (TPSA) is 80.7 Å². The van der Waals surface area contributed by atoms with Crippen LogP contribution < -0.4 is 4.74 Å². The van der Waals surface area contributed by atoms with Crippen molar-refractivity contribution in [3.05, 3.63) is 59.7 Å². The molecule has 0 heterocycles. The fourth-order valence-corrected chi connectivity index (χ4v) is 2.43. The van der Waals surface area contributed by atoms with Gasteiger partial charge in [-0.25, -0.2) is 13.2 Å². The smallest absolute Gasteiger partial charge is 0.336 e. The molecule has 0 aliphatic rings. The molecule has 0 aliphatic heterocycles. The van der Waals surface area contributed by atoms with E-state index < -0.39 is 15.8 Å². The molecule has 0 atom stereocenters. The van der Waals surface area contributed by atoms with E-state index in [0.29, 0.717) is 11.3 Å². The largest absolute Gasteiger partial charge is 0.489 e. The lowest BCUT2D eigenvalue weighted by Gasteiger charge is -2.09. The van der Waals surface area contributed by atoms with Gasteiger partial charge in [-0.05, 0) is 30.3 Å². The fourth-order valence-electron chi connectivity index (χ4n) is 1.80. The Balaban J connectivity index is 2.12. The molecule has 5 nitrogen and oxygen atoms in total. The number of hydrogen-bond donors (Lipinski definition) is 1. The zero-order valence-corrected chi connectivity index (χ0v) is 12.1. The van der Waals surface area contributed by atoms with Gasteiger partial charge in [0, 0.05) is 11.8 Å². The van der Waals surface area contributed by atoms with E-state index >= 15 is 0 Å². The first-order chi connectivity index (χ1) is 9.88. The molecule has 2 aromatic carbocycles. The summed E-state index contributed by atoms with van der Waals surface area (Å²) in [5.41, 5.74) is 0.738. The molecule has 0 spiro atoms. The van der Waals surface area contributed by atoms with Crippen LogP contribution in [0.15, 0.2) is 53.4 Å². The second-order valence-electron chi connectivity index (χ2n) is 4.49. The number of rotatable bonds is 5. The Bertz CT molecular complexity index is 748. The van der Waals surface area contributed by atoms with Gasteiger partial charge in [0.1, 0.15) is 12.4 Å². The lowest BCUT2D eigenvalue weighted by atomic mass is 10.1. The first-order valence-corrected chi connectivity index (χ1v) is 8.01. The van der Waals surface area contributed by atoms with E-state index in [2.05, 4.69) is 0 Å². The van der Waals surface area contributed by atoms with Gasteiger partial charge in [-0.2, -0.15) is 0 Å². The van der Waals surface area contributed by atoms with Crippen LogP contribution in [0.5, 0.6) is 5.75 Å². The Morgan fingerprint density at radius 3 is 2.29 bits per heavy atom. The van der Waals surface area contributed by atoms with E-state index in [1.165, 1.54) is 18.2 Å². The number of sulfone groups is 1. The van der Waals surface area contributed by atoms with Gasteiger partial charge >= 0.3 is 5.97 Å². The molecule has 21 heavy (non-hydrogen) atoms. The Morgan fingerprint density at radius 2 is 1.71 bits per heavy atom. The van der Waals surface area contributed by atoms with Crippen LogP contribution in [-0.4, -0.2) is 25.7 Å². The number of aromatic carboxylic acids is 1. The fraction of sp³-hybridized carbons (Fsp3) is 0.133. The monoisotopic (exact) mass is 306 g/mol. The third-order valence-electron chi connectivity index (χ3n) is 2.89. The Labute approximate surface area is 122 Å². The number of carboxylic acid groups (broad SMARTS) is 1. The molecule has 0 unspecified atom stereocenters. The van der Waals surface area contributed by atoms with Gasteiger partial charge in [0.2, 0.25) is 0 Å².